The zero-order valence-electron chi connectivity index (χ0n) is 22.1. The van der Waals surface area contributed by atoms with Crippen molar-refractivity contribution < 1.29 is 37.7 Å². The molecular weight excluding hydrogens is 526 g/mol. The van der Waals surface area contributed by atoms with Gasteiger partial charge in [0.1, 0.15) is 23.8 Å². The third kappa shape index (κ3) is 9.26. The summed E-state index contributed by atoms with van der Waals surface area (Å²) in [5.74, 6) is -1.96. The Morgan fingerprint density at radius 3 is 2.23 bits per heavy atom. The number of ketones is 1. The smallest absolute Gasteiger partial charge is 0.313 e. The summed E-state index contributed by atoms with van der Waals surface area (Å²) in [5, 5.41) is 23.1. The summed E-state index contributed by atoms with van der Waals surface area (Å²) in [4.78, 5) is 25.0. The van der Waals surface area contributed by atoms with Crippen molar-refractivity contribution >= 4 is 22.9 Å². The van der Waals surface area contributed by atoms with Gasteiger partial charge in [-0.2, -0.15) is 0 Å². The molecule has 1 aromatic heterocycles. The molecule has 10 nitrogen and oxygen atoms in total. The van der Waals surface area contributed by atoms with Crippen molar-refractivity contribution in [1.82, 2.24) is 20.2 Å². The van der Waals surface area contributed by atoms with Crippen LogP contribution in [0, 0.1) is 11.6 Å². The first kappa shape index (κ1) is 30.4. The minimum absolute atomic E-state index is 0.0131. The van der Waals surface area contributed by atoms with Gasteiger partial charge in [0.2, 0.25) is 5.82 Å². The Kier molecular flexibility index (Phi) is 11.8. The van der Waals surface area contributed by atoms with Gasteiger partial charge in [0, 0.05) is 24.7 Å². The summed E-state index contributed by atoms with van der Waals surface area (Å²) < 4.78 is 42.7. The fourth-order valence-electron chi connectivity index (χ4n) is 3.63. The van der Waals surface area contributed by atoms with E-state index in [-0.39, 0.29) is 25.6 Å². The van der Waals surface area contributed by atoms with Crippen molar-refractivity contribution in [2.75, 3.05) is 26.9 Å². The standard InChI is InChI=1S/C28H30F2N4O6/c1-3-40-26(37)17-24(36)16-23(35)12-13-25(28-31-33-34(32-28)18-39-15-14-38-2)27(19-4-8-21(29)9-5-19)20-6-10-22(30)11-7-20/h4-13,23,35H,3,14-18H2,1-2H3/b13-12+. The van der Waals surface area contributed by atoms with Gasteiger partial charge >= 0.3 is 5.97 Å². The van der Waals surface area contributed by atoms with E-state index in [4.69, 9.17) is 14.2 Å². The Labute approximate surface area is 229 Å². The van der Waals surface area contributed by atoms with Crippen molar-refractivity contribution in [2.24, 2.45) is 0 Å². The molecule has 0 amide bonds. The highest BCUT2D eigenvalue weighted by molar-refractivity contribution is 6.01. The highest BCUT2D eigenvalue weighted by Crippen LogP contribution is 2.32. The molecule has 12 heteroatoms. The van der Waals surface area contributed by atoms with Crippen LogP contribution in [0.3, 0.4) is 0 Å². The second kappa shape index (κ2) is 15.5. The van der Waals surface area contributed by atoms with E-state index in [0.717, 1.165) is 0 Å². The van der Waals surface area contributed by atoms with Crippen molar-refractivity contribution in [3.8, 4) is 0 Å². The van der Waals surface area contributed by atoms with Crippen LogP contribution in [0.1, 0.15) is 36.7 Å². The quantitative estimate of drug-likeness (QED) is 0.130. The largest absolute Gasteiger partial charge is 0.466 e. The van der Waals surface area contributed by atoms with Crippen LogP contribution in [0.4, 0.5) is 8.78 Å². The van der Waals surface area contributed by atoms with E-state index in [9.17, 15) is 23.5 Å². The number of ether oxygens (including phenoxy) is 3. The SMILES string of the molecule is CCOC(=O)CC(=O)CC(O)/C=C/C(=C(c1ccc(F)cc1)c1ccc(F)cc1)c1nnn(COCCOC)n1. The third-order valence-electron chi connectivity index (χ3n) is 5.44. The number of aromatic nitrogens is 4. The molecule has 0 saturated carbocycles. The van der Waals surface area contributed by atoms with Gasteiger partial charge in [0.05, 0.1) is 25.9 Å². The Morgan fingerprint density at radius 2 is 1.65 bits per heavy atom. The van der Waals surface area contributed by atoms with E-state index in [1.165, 1.54) is 41.2 Å². The molecule has 1 unspecified atom stereocenters. The topological polar surface area (TPSA) is 126 Å². The van der Waals surface area contributed by atoms with Gasteiger partial charge < -0.3 is 19.3 Å². The molecule has 2 aromatic carbocycles. The van der Waals surface area contributed by atoms with Gasteiger partial charge in [-0.05, 0) is 47.5 Å². The fourth-order valence-corrected chi connectivity index (χ4v) is 3.63. The number of aliphatic hydroxyl groups excluding tert-OH is 1. The number of halogens is 2. The van der Waals surface area contributed by atoms with Crippen molar-refractivity contribution in [1.29, 1.82) is 0 Å². The first-order valence-electron chi connectivity index (χ1n) is 12.4. The molecule has 1 heterocycles. The summed E-state index contributed by atoms with van der Waals surface area (Å²) in [5.41, 5.74) is 1.93. The summed E-state index contributed by atoms with van der Waals surface area (Å²) >= 11 is 0. The number of carbonyl (C=O) groups is 2. The molecule has 0 bridgehead atoms. The number of esters is 1. The molecule has 0 fully saturated rings. The van der Waals surface area contributed by atoms with Crippen LogP contribution in [-0.2, 0) is 30.5 Å². The summed E-state index contributed by atoms with van der Waals surface area (Å²) in [6.07, 6.45) is 0.792. The fraction of sp³-hybridized carbons (Fsp3) is 0.321. The molecular formula is C28H30F2N4O6. The Morgan fingerprint density at radius 1 is 1.02 bits per heavy atom. The van der Waals surface area contributed by atoms with E-state index in [1.54, 1.807) is 38.3 Å². The van der Waals surface area contributed by atoms with Gasteiger partial charge in [-0.3, -0.25) is 9.59 Å². The lowest BCUT2D eigenvalue weighted by Crippen LogP contribution is -2.16. The molecule has 0 aliphatic heterocycles. The van der Waals surface area contributed by atoms with Crippen molar-refractivity contribution in [3.63, 3.8) is 0 Å². The molecule has 3 aromatic rings. The number of aliphatic hydroxyl groups is 1. The molecule has 212 valence electrons. The maximum absolute atomic E-state index is 13.8. The molecule has 0 radical (unpaired) electrons. The van der Waals surface area contributed by atoms with E-state index >= 15 is 0 Å². The average Bonchev–Trinajstić information content (AvgIpc) is 3.39. The van der Waals surface area contributed by atoms with E-state index in [0.29, 0.717) is 35.5 Å². The lowest BCUT2D eigenvalue weighted by atomic mass is 9.92. The maximum atomic E-state index is 13.8. The number of benzene rings is 2. The van der Waals surface area contributed by atoms with Crippen LogP contribution in [-0.4, -0.2) is 70.1 Å². The number of hydrogen-bond donors (Lipinski definition) is 1. The van der Waals surface area contributed by atoms with Crippen LogP contribution >= 0.6 is 0 Å². The van der Waals surface area contributed by atoms with Gasteiger partial charge in [-0.1, -0.05) is 36.4 Å². The van der Waals surface area contributed by atoms with Gasteiger partial charge in [-0.15, -0.1) is 15.0 Å². The Balaban J connectivity index is 2.03. The molecule has 40 heavy (non-hydrogen) atoms. The number of Topliss-reactive ketones (excluding diaryl/α,β-unsaturated/α-hetero) is 1. The lowest BCUT2D eigenvalue weighted by Gasteiger charge is -2.13. The summed E-state index contributed by atoms with van der Waals surface area (Å²) in [6.45, 7) is 2.44. The minimum atomic E-state index is -1.26. The highest BCUT2D eigenvalue weighted by atomic mass is 19.1. The summed E-state index contributed by atoms with van der Waals surface area (Å²) in [7, 11) is 1.55. The van der Waals surface area contributed by atoms with E-state index in [1.807, 2.05) is 0 Å². The normalized spacial score (nSPS) is 11.9. The maximum Gasteiger partial charge on any atom is 0.313 e. The van der Waals surface area contributed by atoms with Crippen LogP contribution in [0.5, 0.6) is 0 Å². The zero-order chi connectivity index (χ0) is 28.9. The zero-order valence-corrected chi connectivity index (χ0v) is 22.1. The molecule has 0 aliphatic rings. The van der Waals surface area contributed by atoms with Crippen LogP contribution in [0.25, 0.3) is 11.1 Å². The first-order valence-corrected chi connectivity index (χ1v) is 12.4. The number of tetrazole rings is 1. The average molecular weight is 557 g/mol. The van der Waals surface area contributed by atoms with Gasteiger partial charge in [-0.25, -0.2) is 8.78 Å². The minimum Gasteiger partial charge on any atom is -0.466 e. The molecule has 1 N–H and O–H groups in total. The van der Waals surface area contributed by atoms with Crippen LogP contribution in [0.2, 0.25) is 0 Å². The predicted octanol–water partition coefficient (Wildman–Crippen LogP) is 3.36. The molecule has 3 rings (SSSR count). The third-order valence-corrected chi connectivity index (χ3v) is 5.44. The van der Waals surface area contributed by atoms with E-state index in [2.05, 4.69) is 15.4 Å². The summed E-state index contributed by atoms with van der Waals surface area (Å²) in [6, 6.07) is 11.3. The predicted molar refractivity (Wildman–Crippen MR) is 140 cm³/mol. The van der Waals surface area contributed by atoms with Crippen LogP contribution < -0.4 is 0 Å². The number of carbonyl (C=O) groups excluding carboxylic acids is 2. The first-order chi connectivity index (χ1) is 19.3. The van der Waals surface area contributed by atoms with Crippen molar-refractivity contribution in [3.05, 3.63) is 89.3 Å². The van der Waals surface area contributed by atoms with Gasteiger partial charge in [0.25, 0.3) is 0 Å². The molecule has 1 atom stereocenters. The van der Waals surface area contributed by atoms with Crippen LogP contribution in [0.15, 0.2) is 60.7 Å². The molecule has 0 saturated heterocycles. The van der Waals surface area contributed by atoms with Gasteiger partial charge in [0.15, 0.2) is 6.73 Å². The number of allylic oxidation sites excluding steroid dienone is 2. The highest BCUT2D eigenvalue weighted by Gasteiger charge is 2.19. The van der Waals surface area contributed by atoms with E-state index < -0.39 is 35.9 Å². The van der Waals surface area contributed by atoms with Crippen molar-refractivity contribution in [2.45, 2.75) is 32.6 Å². The Bertz CT molecular complexity index is 1280. The molecule has 0 spiro atoms. The monoisotopic (exact) mass is 556 g/mol. The Hall–Kier alpha value is -4.13. The second-order valence-electron chi connectivity index (χ2n) is 8.47. The second-order valence-corrected chi connectivity index (χ2v) is 8.47. The number of methoxy groups -OCH3 is 1. The number of nitrogens with zero attached hydrogens (tertiary/aromatic N) is 4. The molecule has 0 aliphatic carbocycles. The number of hydrogen-bond acceptors (Lipinski definition) is 9. The number of rotatable bonds is 15. The lowest BCUT2D eigenvalue weighted by molar-refractivity contribution is -0.145.